The van der Waals surface area contributed by atoms with Crippen molar-refractivity contribution in [1.82, 2.24) is 9.38 Å². The van der Waals surface area contributed by atoms with Gasteiger partial charge < -0.3 is 5.11 Å². The van der Waals surface area contributed by atoms with Crippen LogP contribution in [0, 0.1) is 6.92 Å². The molecule has 0 aliphatic heterocycles. The quantitative estimate of drug-likeness (QED) is 0.742. The number of aryl methyl sites for hydroxylation is 1. The van der Waals surface area contributed by atoms with E-state index in [4.69, 9.17) is 16.7 Å². The average molecular weight is 313 g/mol. The molecular weight excluding hydrogens is 300 g/mol. The Balaban J connectivity index is 2.29. The third-order valence-corrected chi connectivity index (χ3v) is 3.63. The second kappa shape index (κ2) is 5.66. The molecule has 0 saturated carbocycles. The molecule has 3 rings (SSSR count). The number of nitrogens with zero attached hydrogens (tertiary/aromatic N) is 2. The molecule has 0 atom stereocenters. The molecule has 110 valence electrons. The molecule has 4 nitrogen and oxygen atoms in total. The third-order valence-electron chi connectivity index (χ3n) is 3.38. The Morgan fingerprint density at radius 3 is 2.64 bits per heavy atom. The smallest absolute Gasteiger partial charge is 0.328 e. The zero-order valence-electron chi connectivity index (χ0n) is 11.8. The van der Waals surface area contributed by atoms with Gasteiger partial charge in [-0.15, -0.1) is 0 Å². The highest BCUT2D eigenvalue weighted by Crippen LogP contribution is 2.27. The fraction of sp³-hybridized carbons (Fsp3) is 0.0588. The van der Waals surface area contributed by atoms with Crippen LogP contribution < -0.4 is 0 Å². The molecule has 0 saturated heterocycles. The molecule has 1 N–H and O–H groups in total. The Kier molecular flexibility index (Phi) is 3.69. The maximum atomic E-state index is 10.9. The van der Waals surface area contributed by atoms with E-state index in [0.29, 0.717) is 5.02 Å². The molecule has 0 unspecified atom stereocenters. The molecule has 0 bridgehead atoms. The highest BCUT2D eigenvalue weighted by atomic mass is 35.5. The molecular formula is C17H13ClN2O2. The molecule has 0 spiro atoms. The number of fused-ring (bicyclic) bond motifs is 1. The van der Waals surface area contributed by atoms with Gasteiger partial charge in [0.05, 0.1) is 11.4 Å². The van der Waals surface area contributed by atoms with Gasteiger partial charge in [0, 0.05) is 22.4 Å². The van der Waals surface area contributed by atoms with Crippen LogP contribution in [0.2, 0.25) is 5.02 Å². The van der Waals surface area contributed by atoms with Gasteiger partial charge in [0.15, 0.2) is 0 Å². The van der Waals surface area contributed by atoms with Gasteiger partial charge in [-0.2, -0.15) is 0 Å². The molecule has 0 amide bonds. The van der Waals surface area contributed by atoms with E-state index in [2.05, 4.69) is 4.98 Å². The maximum Gasteiger partial charge on any atom is 0.328 e. The minimum absolute atomic E-state index is 0.645. The highest BCUT2D eigenvalue weighted by Gasteiger charge is 2.13. The molecule has 5 heteroatoms. The summed E-state index contributed by atoms with van der Waals surface area (Å²) >= 11 is 5.93. The number of rotatable bonds is 3. The van der Waals surface area contributed by atoms with Crippen LogP contribution >= 0.6 is 11.6 Å². The molecule has 2 aromatic heterocycles. The van der Waals surface area contributed by atoms with Gasteiger partial charge in [-0.05, 0) is 37.3 Å². The van der Waals surface area contributed by atoms with Crippen LogP contribution in [0.5, 0.6) is 0 Å². The lowest BCUT2D eigenvalue weighted by Gasteiger charge is -2.03. The van der Waals surface area contributed by atoms with Crippen molar-refractivity contribution in [2.45, 2.75) is 6.92 Å². The molecule has 0 aliphatic carbocycles. The number of carbonyl (C=O) groups is 1. The fourth-order valence-electron chi connectivity index (χ4n) is 2.41. The van der Waals surface area contributed by atoms with Crippen molar-refractivity contribution >= 4 is 29.3 Å². The number of hydrogen-bond acceptors (Lipinski definition) is 2. The number of pyridine rings is 1. The van der Waals surface area contributed by atoms with Crippen LogP contribution in [0.15, 0.2) is 48.5 Å². The summed E-state index contributed by atoms with van der Waals surface area (Å²) < 4.78 is 1.93. The van der Waals surface area contributed by atoms with Crippen LogP contribution in [0.25, 0.3) is 23.0 Å². The van der Waals surface area contributed by atoms with E-state index in [-0.39, 0.29) is 0 Å². The third kappa shape index (κ3) is 2.61. The zero-order chi connectivity index (χ0) is 15.7. The first-order valence-corrected chi connectivity index (χ1v) is 7.09. The van der Waals surface area contributed by atoms with Crippen molar-refractivity contribution in [3.05, 3.63) is 65.0 Å². The molecule has 0 fully saturated rings. The second-order valence-corrected chi connectivity index (χ2v) is 5.32. The van der Waals surface area contributed by atoms with Gasteiger partial charge >= 0.3 is 5.97 Å². The first-order valence-electron chi connectivity index (χ1n) is 6.71. The van der Waals surface area contributed by atoms with Gasteiger partial charge in [-0.1, -0.05) is 29.8 Å². The Labute approximate surface area is 132 Å². The molecule has 2 heterocycles. The Bertz CT molecular complexity index is 880. The summed E-state index contributed by atoms with van der Waals surface area (Å²) in [4.78, 5) is 15.5. The lowest BCUT2D eigenvalue weighted by atomic mass is 10.1. The summed E-state index contributed by atoms with van der Waals surface area (Å²) in [6.07, 6.45) is 2.69. The lowest BCUT2D eigenvalue weighted by molar-refractivity contribution is -0.131. The predicted molar refractivity (Wildman–Crippen MR) is 87.0 cm³/mol. The normalized spacial score (nSPS) is 11.4. The van der Waals surface area contributed by atoms with Crippen LogP contribution in [-0.4, -0.2) is 20.5 Å². The molecule has 0 radical (unpaired) electrons. The van der Waals surface area contributed by atoms with Crippen molar-refractivity contribution in [1.29, 1.82) is 0 Å². The second-order valence-electron chi connectivity index (χ2n) is 4.88. The van der Waals surface area contributed by atoms with Crippen molar-refractivity contribution in [2.24, 2.45) is 0 Å². The van der Waals surface area contributed by atoms with Crippen molar-refractivity contribution in [3.63, 3.8) is 0 Å². The van der Waals surface area contributed by atoms with Gasteiger partial charge in [0.1, 0.15) is 5.65 Å². The number of carboxylic acids is 1. The van der Waals surface area contributed by atoms with E-state index in [1.54, 1.807) is 18.2 Å². The highest BCUT2D eigenvalue weighted by molar-refractivity contribution is 6.30. The number of hydrogen-bond donors (Lipinski definition) is 1. The van der Waals surface area contributed by atoms with Crippen molar-refractivity contribution in [3.8, 4) is 11.3 Å². The number of benzene rings is 1. The van der Waals surface area contributed by atoms with Gasteiger partial charge in [-0.3, -0.25) is 4.40 Å². The predicted octanol–water partition coefficient (Wildman–Crippen LogP) is 4.06. The van der Waals surface area contributed by atoms with Gasteiger partial charge in [0.25, 0.3) is 0 Å². The summed E-state index contributed by atoms with van der Waals surface area (Å²) in [6, 6.07) is 13.1. The number of carboxylic acid groups (broad SMARTS) is 1. The van der Waals surface area contributed by atoms with E-state index in [1.807, 2.05) is 41.7 Å². The van der Waals surface area contributed by atoms with E-state index in [0.717, 1.165) is 34.4 Å². The summed E-state index contributed by atoms with van der Waals surface area (Å²) in [7, 11) is 0. The maximum absolute atomic E-state index is 10.9. The first kappa shape index (κ1) is 14.4. The Morgan fingerprint density at radius 2 is 1.95 bits per heavy atom. The van der Waals surface area contributed by atoms with Crippen LogP contribution in [-0.2, 0) is 4.79 Å². The first-order chi connectivity index (χ1) is 10.6. The standard InChI is InChI=1S/C17H13ClN2O2/c1-11-3-2-4-15-19-17(12-5-7-13(18)8-6-12)14(20(11)15)9-10-16(21)22/h2-10H,1H3,(H,21,22)/b10-9+. The fourth-order valence-corrected chi connectivity index (χ4v) is 2.53. The molecule has 0 aliphatic rings. The number of aliphatic carboxylic acids is 1. The van der Waals surface area contributed by atoms with Gasteiger partial charge in [-0.25, -0.2) is 9.78 Å². The lowest BCUT2D eigenvalue weighted by Crippen LogP contribution is -1.94. The number of halogens is 1. The van der Waals surface area contributed by atoms with Crippen LogP contribution in [0.4, 0.5) is 0 Å². The molecule has 1 aromatic carbocycles. The minimum atomic E-state index is -0.995. The van der Waals surface area contributed by atoms with E-state index < -0.39 is 5.97 Å². The Morgan fingerprint density at radius 1 is 1.23 bits per heavy atom. The number of imidazole rings is 1. The van der Waals surface area contributed by atoms with E-state index in [1.165, 1.54) is 0 Å². The summed E-state index contributed by atoms with van der Waals surface area (Å²) in [5.74, 6) is -0.995. The van der Waals surface area contributed by atoms with Crippen LogP contribution in [0.3, 0.4) is 0 Å². The minimum Gasteiger partial charge on any atom is -0.478 e. The average Bonchev–Trinajstić information content (AvgIpc) is 2.86. The topological polar surface area (TPSA) is 54.6 Å². The van der Waals surface area contributed by atoms with Crippen LogP contribution in [0.1, 0.15) is 11.4 Å². The molecule has 22 heavy (non-hydrogen) atoms. The number of aromatic nitrogens is 2. The van der Waals surface area contributed by atoms with E-state index in [9.17, 15) is 4.79 Å². The molecule has 3 aromatic rings. The van der Waals surface area contributed by atoms with E-state index >= 15 is 0 Å². The monoisotopic (exact) mass is 312 g/mol. The summed E-state index contributed by atoms with van der Waals surface area (Å²) in [5.41, 5.74) is 4.10. The van der Waals surface area contributed by atoms with Crippen molar-refractivity contribution in [2.75, 3.05) is 0 Å². The summed E-state index contributed by atoms with van der Waals surface area (Å²) in [5, 5.41) is 9.56. The zero-order valence-corrected chi connectivity index (χ0v) is 12.6. The Hall–Kier alpha value is -2.59. The van der Waals surface area contributed by atoms with Gasteiger partial charge in [0.2, 0.25) is 0 Å². The van der Waals surface area contributed by atoms with Crippen molar-refractivity contribution < 1.29 is 9.90 Å². The largest absolute Gasteiger partial charge is 0.478 e. The SMILES string of the molecule is Cc1cccc2nc(-c3ccc(Cl)cc3)c(/C=C/C(=O)O)n12. The summed E-state index contributed by atoms with van der Waals surface area (Å²) in [6.45, 7) is 1.96.